The van der Waals surface area contributed by atoms with Crippen LogP contribution in [0.4, 0.5) is 5.82 Å². The molecular weight excluding hydrogens is 414 g/mol. The lowest BCUT2D eigenvalue weighted by molar-refractivity contribution is -0.137. The Morgan fingerprint density at radius 1 is 0.939 bits per heavy atom. The third kappa shape index (κ3) is 4.98. The van der Waals surface area contributed by atoms with Crippen molar-refractivity contribution in [3.05, 3.63) is 35.9 Å². The molecule has 176 valence electrons. The number of anilines is 1. The van der Waals surface area contributed by atoms with Crippen molar-refractivity contribution in [2.24, 2.45) is 5.92 Å². The van der Waals surface area contributed by atoms with E-state index in [4.69, 9.17) is 4.98 Å². The molecule has 2 aliphatic heterocycles. The van der Waals surface area contributed by atoms with E-state index < -0.39 is 0 Å². The van der Waals surface area contributed by atoms with Gasteiger partial charge in [-0.2, -0.15) is 0 Å². The number of benzene rings is 1. The molecule has 3 aliphatic rings. The standard InChI is InChI=1S/C26H35N5O2/c32-25(22-19-21-9-3-4-10-23(21)28-24(22)30-12-5-6-13-30)27-11-14-29-15-17-31(18-16-29)26(33)20-7-1-2-8-20/h3-4,9-10,19-20H,1-2,5-8,11-18H2,(H,27,32). The van der Waals surface area contributed by atoms with Gasteiger partial charge in [-0.15, -0.1) is 0 Å². The molecule has 1 saturated carbocycles. The van der Waals surface area contributed by atoms with Crippen LogP contribution in [0, 0.1) is 5.92 Å². The number of nitrogens with zero attached hydrogens (tertiary/aromatic N) is 4. The third-order valence-corrected chi connectivity index (χ3v) is 7.46. The van der Waals surface area contributed by atoms with Crippen LogP contribution in [0.1, 0.15) is 48.9 Å². The van der Waals surface area contributed by atoms with Crippen LogP contribution in [0.25, 0.3) is 10.9 Å². The summed E-state index contributed by atoms with van der Waals surface area (Å²) in [6.07, 6.45) is 6.81. The highest BCUT2D eigenvalue weighted by molar-refractivity contribution is 6.02. The molecule has 0 bridgehead atoms. The number of amides is 2. The predicted molar refractivity (Wildman–Crippen MR) is 131 cm³/mol. The number of hydrogen-bond acceptors (Lipinski definition) is 5. The molecule has 1 aromatic heterocycles. The van der Waals surface area contributed by atoms with E-state index in [0.717, 1.165) is 88.2 Å². The first-order chi connectivity index (χ1) is 16.2. The highest BCUT2D eigenvalue weighted by atomic mass is 16.2. The molecular formula is C26H35N5O2. The van der Waals surface area contributed by atoms with Crippen molar-refractivity contribution in [2.45, 2.75) is 38.5 Å². The first-order valence-corrected chi connectivity index (χ1v) is 12.6. The predicted octanol–water partition coefficient (Wildman–Crippen LogP) is 2.90. The molecule has 1 aliphatic carbocycles. The van der Waals surface area contributed by atoms with Gasteiger partial charge in [0.15, 0.2) is 0 Å². The van der Waals surface area contributed by atoms with E-state index in [0.29, 0.717) is 18.0 Å². The van der Waals surface area contributed by atoms with E-state index >= 15 is 0 Å². The normalized spacial score (nSPS) is 20.0. The number of aromatic nitrogens is 1. The van der Waals surface area contributed by atoms with Gasteiger partial charge >= 0.3 is 0 Å². The Labute approximate surface area is 196 Å². The molecule has 2 aromatic rings. The maximum Gasteiger partial charge on any atom is 0.255 e. The van der Waals surface area contributed by atoms with Crippen molar-refractivity contribution in [3.63, 3.8) is 0 Å². The molecule has 33 heavy (non-hydrogen) atoms. The van der Waals surface area contributed by atoms with Crippen molar-refractivity contribution in [1.82, 2.24) is 20.1 Å². The molecule has 1 aromatic carbocycles. The molecule has 0 unspecified atom stereocenters. The number of fused-ring (bicyclic) bond motifs is 1. The maximum absolute atomic E-state index is 13.1. The Hall–Kier alpha value is -2.67. The van der Waals surface area contributed by atoms with Crippen molar-refractivity contribution >= 4 is 28.5 Å². The topological polar surface area (TPSA) is 68.8 Å². The summed E-state index contributed by atoms with van der Waals surface area (Å²) < 4.78 is 0. The van der Waals surface area contributed by atoms with Crippen LogP contribution in [-0.4, -0.2) is 79.0 Å². The van der Waals surface area contributed by atoms with Crippen LogP contribution >= 0.6 is 0 Å². The minimum absolute atomic E-state index is 0.0507. The van der Waals surface area contributed by atoms with Gasteiger partial charge in [0.05, 0.1) is 11.1 Å². The van der Waals surface area contributed by atoms with Gasteiger partial charge in [0.25, 0.3) is 5.91 Å². The summed E-state index contributed by atoms with van der Waals surface area (Å²) >= 11 is 0. The number of carbonyl (C=O) groups is 2. The molecule has 0 spiro atoms. The molecule has 3 fully saturated rings. The fourth-order valence-corrected chi connectivity index (χ4v) is 5.49. The van der Waals surface area contributed by atoms with Gasteiger partial charge in [0.2, 0.25) is 5.91 Å². The quantitative estimate of drug-likeness (QED) is 0.735. The Balaban J connectivity index is 1.16. The van der Waals surface area contributed by atoms with E-state index in [-0.39, 0.29) is 11.8 Å². The lowest BCUT2D eigenvalue weighted by atomic mass is 10.1. The Morgan fingerprint density at radius 3 is 2.42 bits per heavy atom. The molecule has 2 saturated heterocycles. The van der Waals surface area contributed by atoms with Crippen LogP contribution < -0.4 is 10.2 Å². The van der Waals surface area contributed by atoms with E-state index in [9.17, 15) is 9.59 Å². The van der Waals surface area contributed by atoms with E-state index in [1.165, 1.54) is 12.8 Å². The van der Waals surface area contributed by atoms with Crippen LogP contribution in [0.5, 0.6) is 0 Å². The van der Waals surface area contributed by atoms with Gasteiger partial charge < -0.3 is 15.1 Å². The summed E-state index contributed by atoms with van der Waals surface area (Å²) in [5.74, 6) is 1.38. The lowest BCUT2D eigenvalue weighted by Gasteiger charge is -2.36. The average molecular weight is 450 g/mol. The van der Waals surface area contributed by atoms with E-state index in [1.807, 2.05) is 35.2 Å². The number of carbonyl (C=O) groups excluding carboxylic acids is 2. The number of pyridine rings is 1. The second-order valence-electron chi connectivity index (χ2n) is 9.65. The van der Waals surface area contributed by atoms with Crippen molar-refractivity contribution in [3.8, 4) is 0 Å². The zero-order valence-corrected chi connectivity index (χ0v) is 19.5. The van der Waals surface area contributed by atoms with Gasteiger partial charge in [0, 0.05) is 63.7 Å². The van der Waals surface area contributed by atoms with Gasteiger partial charge in [-0.3, -0.25) is 14.5 Å². The first-order valence-electron chi connectivity index (χ1n) is 12.6. The van der Waals surface area contributed by atoms with E-state index in [1.54, 1.807) is 0 Å². The fourth-order valence-electron chi connectivity index (χ4n) is 5.49. The number of hydrogen-bond donors (Lipinski definition) is 1. The number of rotatable bonds is 6. The van der Waals surface area contributed by atoms with Crippen LogP contribution in [0.15, 0.2) is 30.3 Å². The highest BCUT2D eigenvalue weighted by Gasteiger charge is 2.29. The number of para-hydroxylation sites is 1. The van der Waals surface area contributed by atoms with Crippen molar-refractivity contribution in [1.29, 1.82) is 0 Å². The molecule has 0 atom stereocenters. The summed E-state index contributed by atoms with van der Waals surface area (Å²) in [5.41, 5.74) is 1.60. The van der Waals surface area contributed by atoms with Gasteiger partial charge in [0.1, 0.15) is 5.82 Å². The summed E-state index contributed by atoms with van der Waals surface area (Å²) in [7, 11) is 0. The SMILES string of the molecule is O=C(NCCN1CCN(C(=O)C2CCCC2)CC1)c1cc2ccccc2nc1N1CCCC1. The number of nitrogens with one attached hydrogen (secondary N) is 1. The minimum Gasteiger partial charge on any atom is -0.356 e. The van der Waals surface area contributed by atoms with Crippen molar-refractivity contribution in [2.75, 3.05) is 57.3 Å². The van der Waals surface area contributed by atoms with Crippen LogP contribution in [0.2, 0.25) is 0 Å². The minimum atomic E-state index is -0.0507. The third-order valence-electron chi connectivity index (χ3n) is 7.46. The molecule has 2 amide bonds. The molecule has 7 heteroatoms. The van der Waals surface area contributed by atoms with Gasteiger partial charge in [-0.1, -0.05) is 31.0 Å². The van der Waals surface area contributed by atoms with Crippen molar-refractivity contribution < 1.29 is 9.59 Å². The average Bonchev–Trinajstić information content (AvgIpc) is 3.58. The first kappa shape index (κ1) is 22.1. The maximum atomic E-state index is 13.1. The zero-order valence-electron chi connectivity index (χ0n) is 19.5. The fraction of sp³-hybridized carbons (Fsp3) is 0.577. The van der Waals surface area contributed by atoms with E-state index in [2.05, 4.69) is 15.1 Å². The molecule has 1 N–H and O–H groups in total. The summed E-state index contributed by atoms with van der Waals surface area (Å²) in [4.78, 5) is 37.3. The number of piperazine rings is 1. The highest BCUT2D eigenvalue weighted by Crippen LogP contribution is 2.28. The van der Waals surface area contributed by atoms with Crippen LogP contribution in [0.3, 0.4) is 0 Å². The Bertz CT molecular complexity index is 989. The Morgan fingerprint density at radius 2 is 1.67 bits per heavy atom. The second kappa shape index (κ2) is 10.1. The summed E-state index contributed by atoms with van der Waals surface area (Å²) in [5, 5.41) is 4.12. The van der Waals surface area contributed by atoms with Crippen LogP contribution in [-0.2, 0) is 4.79 Å². The van der Waals surface area contributed by atoms with Gasteiger partial charge in [-0.05, 0) is 37.8 Å². The molecule has 5 rings (SSSR count). The largest absolute Gasteiger partial charge is 0.356 e. The molecule has 0 radical (unpaired) electrons. The zero-order chi connectivity index (χ0) is 22.6. The monoisotopic (exact) mass is 449 g/mol. The Kier molecular flexibility index (Phi) is 6.76. The summed E-state index contributed by atoms with van der Waals surface area (Å²) in [6, 6.07) is 9.98. The van der Waals surface area contributed by atoms with Gasteiger partial charge in [-0.25, -0.2) is 4.98 Å². The second-order valence-corrected chi connectivity index (χ2v) is 9.65. The molecule has 3 heterocycles. The molecule has 7 nitrogen and oxygen atoms in total. The summed E-state index contributed by atoms with van der Waals surface area (Å²) in [6.45, 7) is 6.67. The smallest absolute Gasteiger partial charge is 0.255 e. The lowest BCUT2D eigenvalue weighted by Crippen LogP contribution is -2.51.